The predicted octanol–water partition coefficient (Wildman–Crippen LogP) is 4.57. The molecule has 3 aromatic rings. The van der Waals surface area contributed by atoms with Crippen molar-refractivity contribution >= 4 is 28.9 Å². The molecule has 138 valence electrons. The molecule has 0 unspecified atom stereocenters. The van der Waals surface area contributed by atoms with Crippen molar-refractivity contribution in [1.29, 1.82) is 0 Å². The van der Waals surface area contributed by atoms with E-state index in [4.69, 9.17) is 4.74 Å². The van der Waals surface area contributed by atoms with Gasteiger partial charge in [0.15, 0.2) is 5.82 Å². The Morgan fingerprint density at radius 3 is 2.37 bits per heavy atom. The molecule has 0 aliphatic rings. The van der Waals surface area contributed by atoms with Crippen LogP contribution in [0.15, 0.2) is 60.7 Å². The summed E-state index contributed by atoms with van der Waals surface area (Å²) in [6, 6.07) is 18.0. The maximum atomic E-state index is 12.2. The molecular weight excluding hydrogens is 342 g/mol. The number of hydrogen-bond donors (Lipinski definition) is 3. The Hall–Kier alpha value is -3.61. The highest BCUT2D eigenvalue weighted by atomic mass is 16.5. The number of carbonyl (C=O) groups excluding carboxylic acids is 1. The minimum absolute atomic E-state index is 0.340. The molecule has 0 spiro atoms. The third kappa shape index (κ3) is 5.18. The van der Waals surface area contributed by atoms with Gasteiger partial charge in [-0.2, -0.15) is 5.10 Å². The number of anilines is 4. The van der Waals surface area contributed by atoms with E-state index in [9.17, 15) is 4.79 Å². The number of aromatic nitrogens is 2. The number of ether oxygens (including phenoxy) is 1. The lowest BCUT2D eigenvalue weighted by Crippen LogP contribution is -2.19. The molecule has 0 radical (unpaired) electrons. The fourth-order valence-electron chi connectivity index (χ4n) is 2.39. The molecule has 1 heterocycles. The van der Waals surface area contributed by atoms with E-state index in [0.717, 1.165) is 11.4 Å². The summed E-state index contributed by atoms with van der Waals surface area (Å²) in [5.74, 6) is 1.29. The molecule has 0 bridgehead atoms. The number of nitrogens with one attached hydrogen (secondary N) is 3. The molecule has 3 N–H and O–H groups in total. The number of nitrogens with zero attached hydrogens (tertiary/aromatic N) is 2. The van der Waals surface area contributed by atoms with Crippen molar-refractivity contribution in [3.05, 3.63) is 66.4 Å². The molecule has 27 heavy (non-hydrogen) atoms. The van der Waals surface area contributed by atoms with E-state index >= 15 is 0 Å². The van der Waals surface area contributed by atoms with Crippen LogP contribution in [0.3, 0.4) is 0 Å². The van der Waals surface area contributed by atoms with Crippen LogP contribution < -0.4 is 20.7 Å². The average Bonchev–Trinajstić information content (AvgIpc) is 2.67. The van der Waals surface area contributed by atoms with Crippen LogP contribution in [-0.4, -0.2) is 22.8 Å². The van der Waals surface area contributed by atoms with Crippen LogP contribution >= 0.6 is 0 Å². The van der Waals surface area contributed by atoms with Gasteiger partial charge < -0.3 is 20.7 Å². The molecule has 0 saturated heterocycles. The summed E-state index contributed by atoms with van der Waals surface area (Å²) in [5, 5.41) is 16.8. The first-order valence-corrected chi connectivity index (χ1v) is 8.61. The fraction of sp³-hybridized carbons (Fsp3) is 0.150. The largest absolute Gasteiger partial charge is 0.492 e. The quantitative estimate of drug-likeness (QED) is 0.597. The first-order valence-electron chi connectivity index (χ1n) is 8.61. The number of hydrogen-bond acceptors (Lipinski definition) is 5. The number of carbonyl (C=O) groups is 1. The van der Waals surface area contributed by atoms with Crippen molar-refractivity contribution in [1.82, 2.24) is 10.2 Å². The molecule has 2 aromatic carbocycles. The molecule has 0 aliphatic carbocycles. The second-order valence-corrected chi connectivity index (χ2v) is 5.77. The van der Waals surface area contributed by atoms with Crippen molar-refractivity contribution in [3.63, 3.8) is 0 Å². The Morgan fingerprint density at radius 2 is 1.67 bits per heavy atom. The highest BCUT2D eigenvalue weighted by Gasteiger charge is 2.07. The van der Waals surface area contributed by atoms with Gasteiger partial charge in [-0.1, -0.05) is 12.1 Å². The van der Waals surface area contributed by atoms with E-state index in [1.54, 1.807) is 18.2 Å². The topological polar surface area (TPSA) is 88.2 Å². The zero-order valence-corrected chi connectivity index (χ0v) is 15.2. The molecule has 3 rings (SSSR count). The van der Waals surface area contributed by atoms with Crippen molar-refractivity contribution < 1.29 is 9.53 Å². The molecule has 0 aliphatic heterocycles. The normalized spacial score (nSPS) is 10.1. The first-order chi connectivity index (χ1) is 13.1. The Labute approximate surface area is 157 Å². The van der Waals surface area contributed by atoms with E-state index < -0.39 is 0 Å². The minimum atomic E-state index is -0.340. The minimum Gasteiger partial charge on any atom is -0.492 e. The number of aryl methyl sites for hydroxylation is 1. The summed E-state index contributed by atoms with van der Waals surface area (Å²) in [4.78, 5) is 12.2. The predicted molar refractivity (Wildman–Crippen MR) is 107 cm³/mol. The second kappa shape index (κ2) is 8.66. The van der Waals surface area contributed by atoms with Gasteiger partial charge in [-0.3, -0.25) is 0 Å². The zero-order valence-electron chi connectivity index (χ0n) is 15.2. The third-order valence-electron chi connectivity index (χ3n) is 3.65. The highest BCUT2D eigenvalue weighted by molar-refractivity contribution is 6.00. The van der Waals surface area contributed by atoms with Crippen LogP contribution in [0.1, 0.15) is 12.6 Å². The Morgan fingerprint density at radius 1 is 0.926 bits per heavy atom. The number of benzene rings is 2. The van der Waals surface area contributed by atoms with Gasteiger partial charge in [-0.25, -0.2) is 4.79 Å². The maximum Gasteiger partial charge on any atom is 0.323 e. The van der Waals surface area contributed by atoms with Crippen molar-refractivity contribution in [2.75, 3.05) is 22.6 Å². The fourth-order valence-corrected chi connectivity index (χ4v) is 2.39. The molecule has 0 fully saturated rings. The van der Waals surface area contributed by atoms with Crippen LogP contribution in [0.5, 0.6) is 5.75 Å². The van der Waals surface area contributed by atoms with E-state index in [1.807, 2.05) is 56.3 Å². The van der Waals surface area contributed by atoms with Crippen LogP contribution in [0, 0.1) is 6.92 Å². The van der Waals surface area contributed by atoms with Gasteiger partial charge in [0.2, 0.25) is 0 Å². The summed E-state index contributed by atoms with van der Waals surface area (Å²) >= 11 is 0. The Balaban J connectivity index is 1.59. The van der Waals surface area contributed by atoms with Crippen LogP contribution in [0.2, 0.25) is 0 Å². The lowest BCUT2D eigenvalue weighted by Gasteiger charge is -2.12. The molecule has 7 nitrogen and oxygen atoms in total. The third-order valence-corrected chi connectivity index (χ3v) is 3.65. The van der Waals surface area contributed by atoms with E-state index in [0.29, 0.717) is 29.5 Å². The summed E-state index contributed by atoms with van der Waals surface area (Å²) in [6.07, 6.45) is 0. The average molecular weight is 363 g/mol. The summed E-state index contributed by atoms with van der Waals surface area (Å²) in [7, 11) is 0. The molecular formula is C20H21N5O2. The number of rotatable bonds is 6. The van der Waals surface area contributed by atoms with Crippen molar-refractivity contribution in [2.45, 2.75) is 13.8 Å². The van der Waals surface area contributed by atoms with E-state index in [1.165, 1.54) is 0 Å². The van der Waals surface area contributed by atoms with Gasteiger partial charge in [0, 0.05) is 11.4 Å². The van der Waals surface area contributed by atoms with Gasteiger partial charge in [0.05, 0.1) is 18.0 Å². The van der Waals surface area contributed by atoms with Gasteiger partial charge in [-0.15, -0.1) is 5.10 Å². The van der Waals surface area contributed by atoms with Gasteiger partial charge >= 0.3 is 6.03 Å². The van der Waals surface area contributed by atoms with Crippen LogP contribution in [0.4, 0.5) is 27.7 Å². The number of amides is 2. The van der Waals surface area contributed by atoms with Gasteiger partial charge in [0.25, 0.3) is 0 Å². The van der Waals surface area contributed by atoms with E-state index in [2.05, 4.69) is 26.1 Å². The smallest absolute Gasteiger partial charge is 0.323 e. The number of para-hydroxylation sites is 2. The maximum absolute atomic E-state index is 12.2. The Kier molecular flexibility index (Phi) is 5.84. The van der Waals surface area contributed by atoms with E-state index in [-0.39, 0.29) is 6.03 Å². The van der Waals surface area contributed by atoms with Crippen LogP contribution in [-0.2, 0) is 0 Å². The van der Waals surface area contributed by atoms with Gasteiger partial charge in [0.1, 0.15) is 5.75 Å². The molecule has 1 aromatic heterocycles. The molecule has 2 amide bonds. The number of urea groups is 1. The highest BCUT2D eigenvalue weighted by Crippen LogP contribution is 2.24. The zero-order chi connectivity index (χ0) is 19.1. The molecule has 0 atom stereocenters. The second-order valence-electron chi connectivity index (χ2n) is 5.77. The van der Waals surface area contributed by atoms with Gasteiger partial charge in [-0.05, 0) is 62.4 Å². The van der Waals surface area contributed by atoms with Crippen molar-refractivity contribution in [3.8, 4) is 5.75 Å². The summed E-state index contributed by atoms with van der Waals surface area (Å²) in [6.45, 7) is 4.31. The molecule has 0 saturated carbocycles. The van der Waals surface area contributed by atoms with Crippen molar-refractivity contribution in [2.24, 2.45) is 0 Å². The summed E-state index contributed by atoms with van der Waals surface area (Å²) in [5.41, 5.74) is 2.99. The lowest BCUT2D eigenvalue weighted by molar-refractivity contribution is 0.262. The lowest BCUT2D eigenvalue weighted by atomic mass is 10.2. The standard InChI is InChI=1S/C20H21N5O2/c1-3-27-18-7-5-4-6-17(18)23-20(26)22-16-11-9-15(10-12-16)21-19-13-8-14(2)24-25-19/h4-13H,3H2,1-2H3,(H,21,25)(H2,22,23,26). The first kappa shape index (κ1) is 18.2. The summed E-state index contributed by atoms with van der Waals surface area (Å²) < 4.78 is 5.51. The monoisotopic (exact) mass is 363 g/mol. The Bertz CT molecular complexity index is 895. The van der Waals surface area contributed by atoms with Crippen LogP contribution in [0.25, 0.3) is 0 Å². The SMILES string of the molecule is CCOc1ccccc1NC(=O)Nc1ccc(Nc2ccc(C)nn2)cc1. The molecule has 7 heteroatoms.